The molecule has 3 heteroatoms. The lowest BCUT2D eigenvalue weighted by atomic mass is 10.1. The summed E-state index contributed by atoms with van der Waals surface area (Å²) in [6.07, 6.45) is -0.411. The minimum Gasteiger partial charge on any atom is -0.491 e. The highest BCUT2D eigenvalue weighted by Crippen LogP contribution is 2.17. The smallest absolute Gasteiger partial charge is 0.119 e. The van der Waals surface area contributed by atoms with Crippen LogP contribution in [0.3, 0.4) is 0 Å². The number of hydrogen-bond donors (Lipinski definition) is 2. The molecule has 3 nitrogen and oxygen atoms in total. The number of hydrogen-bond acceptors (Lipinski definition) is 3. The third kappa shape index (κ3) is 4.36. The molecule has 0 aliphatic rings. The maximum absolute atomic E-state index is 9.63. The third-order valence-corrected chi connectivity index (χ3v) is 3.00. The Bertz CT molecular complexity index is 321. The largest absolute Gasteiger partial charge is 0.491 e. The zero-order valence-electron chi connectivity index (χ0n) is 11.1. The van der Waals surface area contributed by atoms with Crippen LogP contribution in [0.1, 0.15) is 32.4 Å². The van der Waals surface area contributed by atoms with Crippen molar-refractivity contribution in [2.75, 3.05) is 13.7 Å². The predicted molar refractivity (Wildman–Crippen MR) is 70.3 cm³/mol. The molecule has 96 valence electrons. The van der Waals surface area contributed by atoms with Crippen molar-refractivity contribution < 1.29 is 9.84 Å². The van der Waals surface area contributed by atoms with E-state index in [2.05, 4.69) is 12.2 Å². The van der Waals surface area contributed by atoms with Crippen LogP contribution >= 0.6 is 0 Å². The number of nitrogens with one attached hydrogen (secondary N) is 1. The fourth-order valence-corrected chi connectivity index (χ4v) is 1.39. The molecule has 0 saturated carbocycles. The first kappa shape index (κ1) is 14.0. The van der Waals surface area contributed by atoms with Gasteiger partial charge in [-0.3, -0.25) is 0 Å². The number of aliphatic hydroxyl groups is 1. The minimum absolute atomic E-state index is 0.221. The maximum atomic E-state index is 9.63. The van der Waals surface area contributed by atoms with Crippen LogP contribution in [0, 0.1) is 5.92 Å². The van der Waals surface area contributed by atoms with Crippen molar-refractivity contribution >= 4 is 0 Å². The lowest BCUT2D eigenvalue weighted by Crippen LogP contribution is -2.23. The topological polar surface area (TPSA) is 41.5 Å². The molecule has 2 unspecified atom stereocenters. The Morgan fingerprint density at radius 2 is 1.76 bits per heavy atom. The molecule has 1 aromatic rings. The Labute approximate surface area is 104 Å². The third-order valence-electron chi connectivity index (χ3n) is 3.00. The summed E-state index contributed by atoms with van der Waals surface area (Å²) in [5.74, 6) is 1.02. The zero-order valence-corrected chi connectivity index (χ0v) is 11.1. The van der Waals surface area contributed by atoms with Gasteiger partial charge in [0.15, 0.2) is 0 Å². The van der Waals surface area contributed by atoms with Gasteiger partial charge in [0.25, 0.3) is 0 Å². The van der Waals surface area contributed by atoms with Gasteiger partial charge < -0.3 is 15.2 Å². The highest BCUT2D eigenvalue weighted by atomic mass is 16.5. The van der Waals surface area contributed by atoms with Gasteiger partial charge in [-0.05, 0) is 37.6 Å². The molecule has 0 radical (unpaired) electrons. The summed E-state index contributed by atoms with van der Waals surface area (Å²) in [5, 5.41) is 12.8. The molecule has 2 N–H and O–H groups in total. The molecular formula is C14H23NO2. The molecular weight excluding hydrogens is 214 g/mol. The molecule has 2 atom stereocenters. The fraction of sp³-hybridized carbons (Fsp3) is 0.571. The second-order valence-electron chi connectivity index (χ2n) is 4.70. The van der Waals surface area contributed by atoms with Crippen LogP contribution < -0.4 is 10.1 Å². The molecule has 0 aliphatic carbocycles. The lowest BCUT2D eigenvalue weighted by Gasteiger charge is -2.16. The lowest BCUT2D eigenvalue weighted by molar-refractivity contribution is 0.0701. The zero-order chi connectivity index (χ0) is 12.8. The van der Waals surface area contributed by atoms with E-state index in [1.54, 1.807) is 0 Å². The Kier molecular flexibility index (Phi) is 5.45. The summed E-state index contributed by atoms with van der Waals surface area (Å²) in [6, 6.07) is 8.30. The van der Waals surface area contributed by atoms with E-state index in [4.69, 9.17) is 4.74 Å². The highest BCUT2D eigenvalue weighted by Gasteiger charge is 2.09. The van der Waals surface area contributed by atoms with Crippen molar-refractivity contribution in [1.29, 1.82) is 0 Å². The van der Waals surface area contributed by atoms with Gasteiger partial charge in [0, 0.05) is 6.04 Å². The van der Waals surface area contributed by atoms with Crippen molar-refractivity contribution in [3.05, 3.63) is 29.8 Å². The first-order chi connectivity index (χ1) is 8.04. The van der Waals surface area contributed by atoms with E-state index in [9.17, 15) is 5.11 Å². The van der Waals surface area contributed by atoms with E-state index in [1.807, 2.05) is 45.2 Å². The normalized spacial score (nSPS) is 14.7. The summed E-state index contributed by atoms with van der Waals surface area (Å²) in [6.45, 7) is 6.41. The van der Waals surface area contributed by atoms with Crippen LogP contribution in [0.2, 0.25) is 0 Å². The minimum atomic E-state index is -0.411. The predicted octanol–water partition coefficient (Wildman–Crippen LogP) is 2.36. The molecule has 0 spiro atoms. The Hall–Kier alpha value is -1.06. The van der Waals surface area contributed by atoms with Gasteiger partial charge >= 0.3 is 0 Å². The van der Waals surface area contributed by atoms with E-state index in [-0.39, 0.29) is 5.92 Å². The van der Waals surface area contributed by atoms with Crippen molar-refractivity contribution in [1.82, 2.24) is 5.32 Å². The van der Waals surface area contributed by atoms with E-state index in [1.165, 1.54) is 5.56 Å². The van der Waals surface area contributed by atoms with Crippen LogP contribution in [-0.2, 0) is 0 Å². The molecule has 1 rings (SSSR count). The summed E-state index contributed by atoms with van der Waals surface area (Å²) < 4.78 is 5.53. The number of benzene rings is 1. The van der Waals surface area contributed by atoms with Crippen molar-refractivity contribution in [3.63, 3.8) is 0 Å². The Morgan fingerprint density at radius 1 is 1.18 bits per heavy atom. The highest BCUT2D eigenvalue weighted by molar-refractivity contribution is 5.28. The standard InChI is InChI=1S/C14H23NO2/c1-10(2)14(16)9-17-13-7-5-12(6-8-13)11(3)15-4/h5-8,10-11,14-16H,9H2,1-4H3. The van der Waals surface area contributed by atoms with Crippen molar-refractivity contribution in [2.45, 2.75) is 32.9 Å². The van der Waals surface area contributed by atoms with E-state index in [0.29, 0.717) is 12.6 Å². The van der Waals surface area contributed by atoms with Gasteiger partial charge in [-0.15, -0.1) is 0 Å². The summed E-state index contributed by atoms with van der Waals surface area (Å²) >= 11 is 0. The molecule has 0 amide bonds. The summed E-state index contributed by atoms with van der Waals surface area (Å²) in [7, 11) is 1.94. The first-order valence-corrected chi connectivity index (χ1v) is 6.12. The van der Waals surface area contributed by atoms with Gasteiger partial charge in [-0.2, -0.15) is 0 Å². The maximum Gasteiger partial charge on any atom is 0.119 e. The van der Waals surface area contributed by atoms with Gasteiger partial charge in [-0.25, -0.2) is 0 Å². The van der Waals surface area contributed by atoms with E-state index < -0.39 is 6.10 Å². The molecule has 0 aromatic heterocycles. The molecule has 0 fully saturated rings. The average Bonchev–Trinajstić information content (AvgIpc) is 2.35. The molecule has 0 bridgehead atoms. The average molecular weight is 237 g/mol. The second kappa shape index (κ2) is 6.62. The Morgan fingerprint density at radius 3 is 2.24 bits per heavy atom. The summed E-state index contributed by atoms with van der Waals surface area (Å²) in [4.78, 5) is 0. The van der Waals surface area contributed by atoms with Crippen LogP contribution in [-0.4, -0.2) is 24.9 Å². The van der Waals surface area contributed by atoms with Crippen molar-refractivity contribution in [3.8, 4) is 5.75 Å². The van der Waals surface area contributed by atoms with Gasteiger partial charge in [0.05, 0.1) is 6.10 Å². The second-order valence-corrected chi connectivity index (χ2v) is 4.70. The monoisotopic (exact) mass is 237 g/mol. The number of aliphatic hydroxyl groups excluding tert-OH is 1. The molecule has 1 aromatic carbocycles. The molecule has 0 aliphatic heterocycles. The molecule has 17 heavy (non-hydrogen) atoms. The van der Waals surface area contributed by atoms with E-state index in [0.717, 1.165) is 5.75 Å². The van der Waals surface area contributed by atoms with Gasteiger partial charge in [-0.1, -0.05) is 26.0 Å². The van der Waals surface area contributed by atoms with Crippen LogP contribution in [0.15, 0.2) is 24.3 Å². The number of ether oxygens (including phenoxy) is 1. The first-order valence-electron chi connectivity index (χ1n) is 6.12. The number of rotatable bonds is 6. The van der Waals surface area contributed by atoms with Crippen LogP contribution in [0.25, 0.3) is 0 Å². The van der Waals surface area contributed by atoms with Gasteiger partial charge in [0.2, 0.25) is 0 Å². The quantitative estimate of drug-likeness (QED) is 0.798. The van der Waals surface area contributed by atoms with Crippen LogP contribution in [0.5, 0.6) is 5.75 Å². The fourth-order valence-electron chi connectivity index (χ4n) is 1.39. The van der Waals surface area contributed by atoms with Gasteiger partial charge in [0.1, 0.15) is 12.4 Å². The summed E-state index contributed by atoms with van der Waals surface area (Å²) in [5.41, 5.74) is 1.23. The SMILES string of the molecule is CNC(C)c1ccc(OCC(O)C(C)C)cc1. The van der Waals surface area contributed by atoms with Crippen LogP contribution in [0.4, 0.5) is 0 Å². The van der Waals surface area contributed by atoms with E-state index >= 15 is 0 Å². The molecule has 0 saturated heterocycles. The van der Waals surface area contributed by atoms with Crippen molar-refractivity contribution in [2.24, 2.45) is 5.92 Å². The molecule has 0 heterocycles. The Balaban J connectivity index is 2.51.